The Balaban J connectivity index is 1.69. The van der Waals surface area contributed by atoms with E-state index in [1.54, 1.807) is 24.3 Å². The first-order valence-electron chi connectivity index (χ1n) is 8.47. The number of ether oxygens (including phenoxy) is 1. The standard InChI is InChI=1S/C20H16N6O2/c21-18-17(20-26-25-16(11-28-20)12-5-2-1-3-6-12)24-15(10-23-18)13-7-4-8-14(9-13)19(22)27/h1-10H,11H2,(H2,21,23)(H2,22,27). The lowest BCUT2D eigenvalue weighted by atomic mass is 10.1. The van der Waals surface area contributed by atoms with Crippen molar-refractivity contribution in [1.29, 1.82) is 0 Å². The molecule has 0 fully saturated rings. The Bertz CT molecular complexity index is 1110. The molecule has 0 unspecified atom stereocenters. The third-order valence-electron chi connectivity index (χ3n) is 4.16. The fourth-order valence-corrected chi connectivity index (χ4v) is 2.71. The van der Waals surface area contributed by atoms with Crippen molar-refractivity contribution in [1.82, 2.24) is 9.97 Å². The molecule has 1 aliphatic rings. The number of aromatic nitrogens is 2. The topological polar surface area (TPSA) is 129 Å². The zero-order chi connectivity index (χ0) is 19.5. The molecule has 8 heteroatoms. The molecule has 1 amide bonds. The smallest absolute Gasteiger partial charge is 0.263 e. The highest BCUT2D eigenvalue weighted by Gasteiger charge is 2.19. The van der Waals surface area contributed by atoms with Crippen LogP contribution in [0.5, 0.6) is 0 Å². The van der Waals surface area contributed by atoms with Gasteiger partial charge >= 0.3 is 0 Å². The van der Waals surface area contributed by atoms with Gasteiger partial charge in [-0.2, -0.15) is 0 Å². The van der Waals surface area contributed by atoms with E-state index in [0.717, 1.165) is 5.56 Å². The number of carbonyl (C=O) groups is 1. The van der Waals surface area contributed by atoms with Gasteiger partial charge < -0.3 is 16.2 Å². The van der Waals surface area contributed by atoms with Crippen molar-refractivity contribution >= 4 is 23.3 Å². The summed E-state index contributed by atoms with van der Waals surface area (Å²) in [5.74, 6) is -0.155. The van der Waals surface area contributed by atoms with Crippen LogP contribution in [0.4, 0.5) is 5.82 Å². The van der Waals surface area contributed by atoms with Crippen LogP contribution in [-0.2, 0) is 4.74 Å². The van der Waals surface area contributed by atoms with Gasteiger partial charge in [-0.3, -0.25) is 4.79 Å². The SMILES string of the molecule is NC(=O)c1cccc(-c2cnc(N)c(C3=NN=C(c4ccccc4)CO3)n2)c1. The van der Waals surface area contributed by atoms with Crippen LogP contribution >= 0.6 is 0 Å². The highest BCUT2D eigenvalue weighted by molar-refractivity contribution is 6.06. The normalized spacial score (nSPS) is 13.3. The summed E-state index contributed by atoms with van der Waals surface area (Å²) in [6, 6.07) is 16.4. The number of nitrogen functional groups attached to an aromatic ring is 1. The van der Waals surface area contributed by atoms with Gasteiger partial charge in [0, 0.05) is 16.7 Å². The van der Waals surface area contributed by atoms with E-state index in [1.165, 1.54) is 6.20 Å². The number of primary amides is 1. The first kappa shape index (κ1) is 17.3. The van der Waals surface area contributed by atoms with Gasteiger partial charge in [-0.25, -0.2) is 9.97 Å². The minimum Gasteiger partial charge on any atom is -0.468 e. The molecule has 3 aromatic rings. The summed E-state index contributed by atoms with van der Waals surface area (Å²) in [4.78, 5) is 20.1. The van der Waals surface area contributed by atoms with Crippen molar-refractivity contribution in [2.75, 3.05) is 12.3 Å². The number of anilines is 1. The van der Waals surface area contributed by atoms with E-state index in [1.807, 2.05) is 30.3 Å². The summed E-state index contributed by atoms with van der Waals surface area (Å²) in [5.41, 5.74) is 14.8. The summed E-state index contributed by atoms with van der Waals surface area (Å²) in [6.45, 7) is 0.241. The number of hydrogen-bond acceptors (Lipinski definition) is 7. The van der Waals surface area contributed by atoms with Crippen LogP contribution in [0.1, 0.15) is 21.6 Å². The molecule has 4 rings (SSSR count). The zero-order valence-electron chi connectivity index (χ0n) is 14.7. The molecule has 0 atom stereocenters. The van der Waals surface area contributed by atoms with Crippen LogP contribution in [0.15, 0.2) is 71.0 Å². The Kier molecular flexibility index (Phi) is 4.51. The molecule has 0 aliphatic carbocycles. The number of carbonyl (C=O) groups excluding carboxylic acids is 1. The lowest BCUT2D eigenvalue weighted by molar-refractivity contribution is 0.100. The largest absolute Gasteiger partial charge is 0.468 e. The van der Waals surface area contributed by atoms with Crippen LogP contribution in [0, 0.1) is 0 Å². The van der Waals surface area contributed by atoms with Crippen molar-refractivity contribution in [3.8, 4) is 11.3 Å². The average molecular weight is 372 g/mol. The summed E-state index contributed by atoms with van der Waals surface area (Å²) >= 11 is 0. The van der Waals surface area contributed by atoms with E-state index in [-0.39, 0.29) is 24.0 Å². The van der Waals surface area contributed by atoms with Crippen LogP contribution in [0.2, 0.25) is 0 Å². The summed E-state index contributed by atoms with van der Waals surface area (Å²) in [6.07, 6.45) is 1.51. The maximum Gasteiger partial charge on any atom is 0.263 e. The molecule has 2 aromatic carbocycles. The van der Waals surface area contributed by atoms with Gasteiger partial charge in [-0.15, -0.1) is 10.2 Å². The van der Waals surface area contributed by atoms with Crippen molar-refractivity contribution < 1.29 is 9.53 Å². The van der Waals surface area contributed by atoms with Crippen molar-refractivity contribution in [2.45, 2.75) is 0 Å². The Morgan fingerprint density at radius 1 is 1.00 bits per heavy atom. The quantitative estimate of drug-likeness (QED) is 0.724. The molecular weight excluding hydrogens is 356 g/mol. The van der Waals surface area contributed by atoms with Crippen LogP contribution in [0.25, 0.3) is 11.3 Å². The maximum absolute atomic E-state index is 11.4. The molecule has 4 N–H and O–H groups in total. The van der Waals surface area contributed by atoms with E-state index in [2.05, 4.69) is 20.2 Å². The highest BCUT2D eigenvalue weighted by Crippen LogP contribution is 2.21. The van der Waals surface area contributed by atoms with Gasteiger partial charge in [-0.1, -0.05) is 42.5 Å². The molecule has 138 valence electrons. The summed E-state index contributed by atoms with van der Waals surface area (Å²) < 4.78 is 5.73. The van der Waals surface area contributed by atoms with Crippen LogP contribution in [0.3, 0.4) is 0 Å². The van der Waals surface area contributed by atoms with E-state index in [4.69, 9.17) is 16.2 Å². The fraction of sp³-hybridized carbons (Fsp3) is 0.0500. The van der Waals surface area contributed by atoms with Crippen molar-refractivity contribution in [3.63, 3.8) is 0 Å². The predicted octanol–water partition coefficient (Wildman–Crippen LogP) is 2.01. The van der Waals surface area contributed by atoms with Crippen molar-refractivity contribution in [3.05, 3.63) is 77.6 Å². The van der Waals surface area contributed by atoms with Gasteiger partial charge in [0.05, 0.1) is 11.9 Å². The molecular formula is C20H16N6O2. The number of amides is 1. The number of rotatable bonds is 4. The Hall–Kier alpha value is -4.07. The van der Waals surface area contributed by atoms with E-state index >= 15 is 0 Å². The van der Waals surface area contributed by atoms with Crippen molar-refractivity contribution in [2.24, 2.45) is 15.9 Å². The highest BCUT2D eigenvalue weighted by atomic mass is 16.5. The first-order valence-corrected chi connectivity index (χ1v) is 8.47. The number of hydrogen-bond donors (Lipinski definition) is 2. The van der Waals surface area contributed by atoms with E-state index < -0.39 is 5.91 Å². The lowest BCUT2D eigenvalue weighted by Gasteiger charge is -2.15. The second-order valence-electron chi connectivity index (χ2n) is 6.04. The molecule has 28 heavy (non-hydrogen) atoms. The second kappa shape index (κ2) is 7.28. The molecule has 0 radical (unpaired) electrons. The molecule has 1 aliphatic heterocycles. The zero-order valence-corrected chi connectivity index (χ0v) is 14.7. The first-order chi connectivity index (χ1) is 13.6. The molecule has 0 saturated heterocycles. The molecule has 0 saturated carbocycles. The lowest BCUT2D eigenvalue weighted by Crippen LogP contribution is -2.22. The minimum absolute atomic E-state index is 0.173. The monoisotopic (exact) mass is 372 g/mol. The molecule has 0 bridgehead atoms. The van der Waals surface area contributed by atoms with Gasteiger partial charge in [0.1, 0.15) is 12.3 Å². The Morgan fingerprint density at radius 3 is 2.50 bits per heavy atom. The Labute approximate surface area is 160 Å². The summed E-state index contributed by atoms with van der Waals surface area (Å²) in [7, 11) is 0. The summed E-state index contributed by atoms with van der Waals surface area (Å²) in [5, 5.41) is 8.36. The third kappa shape index (κ3) is 3.43. The maximum atomic E-state index is 11.4. The number of nitrogens with zero attached hydrogens (tertiary/aromatic N) is 4. The molecule has 2 heterocycles. The number of nitrogens with two attached hydrogens (primary N) is 2. The average Bonchev–Trinajstić information content (AvgIpc) is 2.75. The van der Waals surface area contributed by atoms with Crippen LogP contribution < -0.4 is 11.5 Å². The number of benzene rings is 2. The third-order valence-corrected chi connectivity index (χ3v) is 4.16. The molecule has 0 spiro atoms. The van der Waals surface area contributed by atoms with Gasteiger partial charge in [0.2, 0.25) is 5.91 Å². The van der Waals surface area contributed by atoms with Gasteiger partial charge in [0.25, 0.3) is 5.90 Å². The fourth-order valence-electron chi connectivity index (χ4n) is 2.71. The second-order valence-corrected chi connectivity index (χ2v) is 6.04. The van der Waals surface area contributed by atoms with E-state index in [0.29, 0.717) is 22.5 Å². The predicted molar refractivity (Wildman–Crippen MR) is 106 cm³/mol. The minimum atomic E-state index is -0.520. The Morgan fingerprint density at radius 2 is 1.79 bits per heavy atom. The van der Waals surface area contributed by atoms with E-state index in [9.17, 15) is 4.79 Å². The van der Waals surface area contributed by atoms with Gasteiger partial charge in [-0.05, 0) is 12.1 Å². The molecule has 8 nitrogen and oxygen atoms in total. The van der Waals surface area contributed by atoms with Gasteiger partial charge in [0.15, 0.2) is 11.5 Å². The van der Waals surface area contributed by atoms with Crippen LogP contribution in [-0.4, -0.2) is 34.1 Å². The molecule has 1 aromatic heterocycles.